The lowest BCUT2D eigenvalue weighted by atomic mass is 10.1. The molecule has 2 heterocycles. The van der Waals surface area contributed by atoms with Crippen molar-refractivity contribution in [3.05, 3.63) is 91.5 Å². The molecule has 0 atom stereocenters. The molecule has 1 aliphatic rings. The Labute approximate surface area is 183 Å². The first kappa shape index (κ1) is 20.1. The second-order valence-corrected chi connectivity index (χ2v) is 8.31. The molecule has 0 aliphatic carbocycles. The molecule has 0 radical (unpaired) electrons. The number of benzene rings is 2. The fourth-order valence-corrected chi connectivity index (χ4v) is 3.95. The smallest absolute Gasteiger partial charge is 0.293 e. The van der Waals surface area contributed by atoms with Gasteiger partial charge in [-0.1, -0.05) is 28.1 Å². The average molecular weight is 485 g/mol. The lowest BCUT2D eigenvalue weighted by Gasteiger charge is -2.12. The van der Waals surface area contributed by atoms with Crippen LogP contribution in [0.3, 0.4) is 0 Å². The summed E-state index contributed by atoms with van der Waals surface area (Å²) in [4.78, 5) is 36.7. The third kappa shape index (κ3) is 4.22. The van der Waals surface area contributed by atoms with Crippen LogP contribution in [0.4, 0.5) is 10.5 Å². The van der Waals surface area contributed by atoms with E-state index in [1.165, 1.54) is 23.1 Å². The molecule has 3 aromatic rings. The number of furan rings is 1. The summed E-state index contributed by atoms with van der Waals surface area (Å²) in [6, 6.07) is 16.8. The van der Waals surface area contributed by atoms with Gasteiger partial charge >= 0.3 is 0 Å². The largest absolute Gasteiger partial charge is 0.457 e. The van der Waals surface area contributed by atoms with Crippen LogP contribution in [-0.4, -0.2) is 21.0 Å². The Bertz CT molecular complexity index is 1170. The molecule has 1 fully saturated rings. The quantitative estimate of drug-likeness (QED) is 0.256. The number of non-ortho nitro benzene ring substituents is 1. The zero-order valence-electron chi connectivity index (χ0n) is 15.3. The van der Waals surface area contributed by atoms with E-state index >= 15 is 0 Å². The minimum atomic E-state index is -0.471. The number of nitrogens with zero attached hydrogens (tertiary/aromatic N) is 2. The van der Waals surface area contributed by atoms with E-state index < -0.39 is 4.92 Å². The number of hydrogen-bond acceptors (Lipinski definition) is 6. The molecular formula is C21H13BrN2O5S. The van der Waals surface area contributed by atoms with Crippen LogP contribution in [0.5, 0.6) is 0 Å². The topological polar surface area (TPSA) is 93.7 Å². The van der Waals surface area contributed by atoms with Gasteiger partial charge in [-0.3, -0.25) is 24.6 Å². The predicted molar refractivity (Wildman–Crippen MR) is 116 cm³/mol. The van der Waals surface area contributed by atoms with Crippen LogP contribution in [0.15, 0.2) is 74.5 Å². The van der Waals surface area contributed by atoms with Crippen LogP contribution in [-0.2, 0) is 11.3 Å². The van der Waals surface area contributed by atoms with Gasteiger partial charge in [-0.25, -0.2) is 0 Å². The van der Waals surface area contributed by atoms with Crippen LogP contribution >= 0.6 is 27.7 Å². The summed E-state index contributed by atoms with van der Waals surface area (Å²) < 4.78 is 6.65. The molecule has 2 amide bonds. The monoisotopic (exact) mass is 484 g/mol. The van der Waals surface area contributed by atoms with Crippen LogP contribution in [0.2, 0.25) is 0 Å². The third-order valence-corrected chi connectivity index (χ3v) is 5.83. The Morgan fingerprint density at radius 3 is 2.40 bits per heavy atom. The molecule has 30 heavy (non-hydrogen) atoms. The highest BCUT2D eigenvalue weighted by molar-refractivity contribution is 9.10. The molecular weight excluding hydrogens is 472 g/mol. The van der Waals surface area contributed by atoms with Crippen LogP contribution < -0.4 is 0 Å². The molecule has 1 saturated heterocycles. The highest BCUT2D eigenvalue weighted by atomic mass is 79.9. The molecule has 4 rings (SSSR count). The van der Waals surface area contributed by atoms with Gasteiger partial charge < -0.3 is 4.42 Å². The molecule has 1 aliphatic heterocycles. The summed E-state index contributed by atoms with van der Waals surface area (Å²) in [5.74, 6) is 0.545. The van der Waals surface area contributed by atoms with Crippen molar-refractivity contribution in [3.8, 4) is 11.3 Å². The first-order valence-corrected chi connectivity index (χ1v) is 10.4. The SMILES string of the molecule is O=C1S/C(=C\c2ccc(-c3ccc([N+](=O)[O-])cc3)o2)C(=O)N1Cc1ccc(Br)cc1. The van der Waals surface area contributed by atoms with Crippen molar-refractivity contribution in [2.45, 2.75) is 6.54 Å². The maximum absolute atomic E-state index is 12.7. The van der Waals surface area contributed by atoms with E-state index in [0.29, 0.717) is 17.1 Å². The Morgan fingerprint density at radius 1 is 1.03 bits per heavy atom. The third-order valence-electron chi connectivity index (χ3n) is 4.39. The normalized spacial score (nSPS) is 15.2. The van der Waals surface area contributed by atoms with Crippen molar-refractivity contribution in [1.29, 1.82) is 0 Å². The molecule has 150 valence electrons. The highest BCUT2D eigenvalue weighted by Gasteiger charge is 2.35. The van der Waals surface area contributed by atoms with Gasteiger partial charge in [0.2, 0.25) is 0 Å². The maximum Gasteiger partial charge on any atom is 0.293 e. The molecule has 7 nitrogen and oxygen atoms in total. The number of imide groups is 1. The van der Waals surface area contributed by atoms with Gasteiger partial charge in [-0.2, -0.15) is 0 Å². The van der Waals surface area contributed by atoms with Gasteiger partial charge in [0.15, 0.2) is 0 Å². The standard InChI is InChI=1S/C21H13BrN2O5S/c22-15-5-1-13(2-6-15)12-23-20(25)19(30-21(23)26)11-17-9-10-18(29-17)14-3-7-16(8-4-14)24(27)28/h1-11H,12H2/b19-11-. The van der Waals surface area contributed by atoms with Crippen LogP contribution in [0, 0.1) is 10.1 Å². The highest BCUT2D eigenvalue weighted by Crippen LogP contribution is 2.34. The maximum atomic E-state index is 12.7. The zero-order valence-corrected chi connectivity index (χ0v) is 17.7. The number of nitro groups is 1. The number of thioether (sulfide) groups is 1. The molecule has 2 aromatic carbocycles. The van der Waals surface area contributed by atoms with Gasteiger partial charge in [0.05, 0.1) is 16.4 Å². The van der Waals surface area contributed by atoms with Gasteiger partial charge in [-0.05, 0) is 53.7 Å². The molecule has 0 spiro atoms. The lowest BCUT2D eigenvalue weighted by Crippen LogP contribution is -2.27. The number of halogens is 1. The summed E-state index contributed by atoms with van der Waals surface area (Å²) in [5, 5.41) is 10.4. The molecule has 0 unspecified atom stereocenters. The molecule has 0 bridgehead atoms. The van der Waals surface area contributed by atoms with Gasteiger partial charge in [-0.15, -0.1) is 0 Å². The van der Waals surface area contributed by atoms with Crippen molar-refractivity contribution >= 4 is 50.6 Å². The first-order valence-electron chi connectivity index (χ1n) is 8.75. The minimum Gasteiger partial charge on any atom is -0.457 e. The summed E-state index contributed by atoms with van der Waals surface area (Å²) in [7, 11) is 0. The fourth-order valence-electron chi connectivity index (χ4n) is 2.87. The van der Waals surface area contributed by atoms with Crippen molar-refractivity contribution < 1.29 is 18.9 Å². The van der Waals surface area contributed by atoms with Crippen molar-refractivity contribution in [2.75, 3.05) is 0 Å². The van der Waals surface area contributed by atoms with Gasteiger partial charge in [0.1, 0.15) is 11.5 Å². The van der Waals surface area contributed by atoms with E-state index in [0.717, 1.165) is 21.8 Å². The van der Waals surface area contributed by atoms with Crippen molar-refractivity contribution in [1.82, 2.24) is 4.90 Å². The number of nitro benzene ring substituents is 1. The first-order chi connectivity index (χ1) is 14.4. The Balaban J connectivity index is 1.51. The number of amides is 2. The predicted octanol–water partition coefficient (Wildman–Crippen LogP) is 5.85. The van der Waals surface area contributed by atoms with E-state index in [4.69, 9.17) is 4.42 Å². The Morgan fingerprint density at radius 2 is 1.73 bits per heavy atom. The second-order valence-electron chi connectivity index (χ2n) is 6.40. The number of hydrogen-bond donors (Lipinski definition) is 0. The number of carbonyl (C=O) groups excluding carboxylic acids is 2. The number of carbonyl (C=O) groups is 2. The van der Waals surface area contributed by atoms with Crippen LogP contribution in [0.25, 0.3) is 17.4 Å². The van der Waals surface area contributed by atoms with Gasteiger partial charge in [0.25, 0.3) is 16.8 Å². The van der Waals surface area contributed by atoms with E-state index in [2.05, 4.69) is 15.9 Å². The lowest BCUT2D eigenvalue weighted by molar-refractivity contribution is -0.384. The summed E-state index contributed by atoms with van der Waals surface area (Å²) >= 11 is 4.22. The second kappa shape index (κ2) is 8.29. The summed E-state index contributed by atoms with van der Waals surface area (Å²) in [6.07, 6.45) is 1.53. The Kier molecular flexibility index (Phi) is 5.56. The van der Waals surface area contributed by atoms with Gasteiger partial charge in [0, 0.05) is 28.2 Å². The average Bonchev–Trinajstić information content (AvgIpc) is 3.30. The van der Waals surface area contributed by atoms with E-state index in [-0.39, 0.29) is 28.3 Å². The molecule has 0 N–H and O–H groups in total. The number of rotatable bonds is 5. The summed E-state index contributed by atoms with van der Waals surface area (Å²) in [5.41, 5.74) is 1.51. The summed E-state index contributed by atoms with van der Waals surface area (Å²) in [6.45, 7) is 0.196. The van der Waals surface area contributed by atoms with Crippen molar-refractivity contribution in [3.63, 3.8) is 0 Å². The molecule has 9 heteroatoms. The van der Waals surface area contributed by atoms with E-state index in [1.54, 1.807) is 24.3 Å². The molecule has 0 saturated carbocycles. The van der Waals surface area contributed by atoms with E-state index in [1.807, 2.05) is 24.3 Å². The fraction of sp³-hybridized carbons (Fsp3) is 0.0476. The van der Waals surface area contributed by atoms with Crippen LogP contribution in [0.1, 0.15) is 11.3 Å². The Hall–Kier alpha value is -3.17. The van der Waals surface area contributed by atoms with E-state index in [9.17, 15) is 19.7 Å². The minimum absolute atomic E-state index is 0.00928. The van der Waals surface area contributed by atoms with Crippen molar-refractivity contribution in [2.24, 2.45) is 0 Å². The molecule has 1 aromatic heterocycles. The zero-order chi connectivity index (χ0) is 21.3.